The monoisotopic (exact) mass is 295 g/mol. The SMILES string of the molecule is COc1ccc(C(N)CC2CCOCC2)c(OC)c1OC. The van der Waals surface area contributed by atoms with Crippen molar-refractivity contribution in [2.75, 3.05) is 34.5 Å². The number of methoxy groups -OCH3 is 3. The highest BCUT2D eigenvalue weighted by Crippen LogP contribution is 2.43. The molecule has 5 heteroatoms. The van der Waals surface area contributed by atoms with Crippen LogP contribution in [0.1, 0.15) is 30.9 Å². The van der Waals surface area contributed by atoms with E-state index >= 15 is 0 Å². The van der Waals surface area contributed by atoms with Crippen LogP contribution in [0.4, 0.5) is 0 Å². The van der Waals surface area contributed by atoms with Gasteiger partial charge in [0.25, 0.3) is 0 Å². The third-order valence-corrected chi connectivity index (χ3v) is 4.06. The molecule has 1 fully saturated rings. The molecule has 0 spiro atoms. The molecule has 0 radical (unpaired) electrons. The summed E-state index contributed by atoms with van der Waals surface area (Å²) in [5.74, 6) is 2.51. The Bertz CT molecular complexity index is 458. The fourth-order valence-corrected chi connectivity index (χ4v) is 2.88. The van der Waals surface area contributed by atoms with E-state index in [1.165, 1.54) is 0 Å². The van der Waals surface area contributed by atoms with Gasteiger partial charge in [-0.05, 0) is 37.3 Å². The van der Waals surface area contributed by atoms with Crippen LogP contribution in [0.15, 0.2) is 12.1 Å². The predicted molar refractivity (Wildman–Crippen MR) is 81.2 cm³/mol. The zero-order chi connectivity index (χ0) is 15.2. The van der Waals surface area contributed by atoms with Gasteiger partial charge in [-0.15, -0.1) is 0 Å². The van der Waals surface area contributed by atoms with Crippen LogP contribution in [-0.4, -0.2) is 34.5 Å². The Balaban J connectivity index is 2.21. The highest BCUT2D eigenvalue weighted by atomic mass is 16.5. The van der Waals surface area contributed by atoms with Crippen LogP contribution < -0.4 is 19.9 Å². The molecule has 1 unspecified atom stereocenters. The van der Waals surface area contributed by atoms with Gasteiger partial charge < -0.3 is 24.7 Å². The number of hydrogen-bond donors (Lipinski definition) is 1. The van der Waals surface area contributed by atoms with E-state index in [1.807, 2.05) is 12.1 Å². The van der Waals surface area contributed by atoms with Crippen LogP contribution in [0.25, 0.3) is 0 Å². The van der Waals surface area contributed by atoms with Gasteiger partial charge in [-0.1, -0.05) is 0 Å². The molecule has 118 valence electrons. The smallest absolute Gasteiger partial charge is 0.203 e. The van der Waals surface area contributed by atoms with Crippen LogP contribution in [-0.2, 0) is 4.74 Å². The van der Waals surface area contributed by atoms with Crippen LogP contribution >= 0.6 is 0 Å². The van der Waals surface area contributed by atoms with Crippen LogP contribution in [0.3, 0.4) is 0 Å². The normalized spacial score (nSPS) is 17.3. The Morgan fingerprint density at radius 1 is 1.10 bits per heavy atom. The standard InChI is InChI=1S/C16H25NO4/c1-18-14-5-4-12(15(19-2)16(14)20-3)13(17)10-11-6-8-21-9-7-11/h4-5,11,13H,6-10,17H2,1-3H3. The summed E-state index contributed by atoms with van der Waals surface area (Å²) >= 11 is 0. The van der Waals surface area contributed by atoms with Crippen molar-refractivity contribution in [3.63, 3.8) is 0 Å². The van der Waals surface area contributed by atoms with E-state index in [2.05, 4.69) is 0 Å². The van der Waals surface area contributed by atoms with Gasteiger partial charge >= 0.3 is 0 Å². The van der Waals surface area contributed by atoms with Gasteiger partial charge in [0.1, 0.15) is 0 Å². The minimum atomic E-state index is -0.0807. The zero-order valence-corrected chi connectivity index (χ0v) is 13.1. The Kier molecular flexibility index (Phi) is 5.70. The van der Waals surface area contributed by atoms with Gasteiger partial charge in [0.05, 0.1) is 21.3 Å². The topological polar surface area (TPSA) is 62.9 Å². The van der Waals surface area contributed by atoms with E-state index in [0.29, 0.717) is 23.2 Å². The summed E-state index contributed by atoms with van der Waals surface area (Å²) in [6.45, 7) is 1.67. The van der Waals surface area contributed by atoms with Gasteiger partial charge in [-0.2, -0.15) is 0 Å². The van der Waals surface area contributed by atoms with Crippen molar-refractivity contribution >= 4 is 0 Å². The molecule has 1 heterocycles. The van der Waals surface area contributed by atoms with Gasteiger partial charge in [0.2, 0.25) is 5.75 Å². The van der Waals surface area contributed by atoms with Gasteiger partial charge in [0, 0.05) is 24.8 Å². The fourth-order valence-electron chi connectivity index (χ4n) is 2.88. The molecule has 1 atom stereocenters. The lowest BCUT2D eigenvalue weighted by molar-refractivity contribution is 0.0617. The third kappa shape index (κ3) is 3.60. The van der Waals surface area contributed by atoms with Crippen LogP contribution in [0.5, 0.6) is 17.2 Å². The number of benzene rings is 1. The lowest BCUT2D eigenvalue weighted by Crippen LogP contribution is -2.22. The molecule has 1 aliphatic heterocycles. The highest BCUT2D eigenvalue weighted by molar-refractivity contribution is 5.56. The zero-order valence-electron chi connectivity index (χ0n) is 13.1. The molecule has 1 aromatic rings. The Labute approximate surface area is 126 Å². The highest BCUT2D eigenvalue weighted by Gasteiger charge is 2.23. The molecule has 2 N–H and O–H groups in total. The summed E-state index contributed by atoms with van der Waals surface area (Å²) in [6.07, 6.45) is 3.07. The van der Waals surface area contributed by atoms with E-state index in [9.17, 15) is 0 Å². The van der Waals surface area contributed by atoms with E-state index in [1.54, 1.807) is 21.3 Å². The summed E-state index contributed by atoms with van der Waals surface area (Å²) in [7, 11) is 4.84. The summed E-state index contributed by atoms with van der Waals surface area (Å²) in [5, 5.41) is 0. The third-order valence-electron chi connectivity index (χ3n) is 4.06. The molecule has 5 nitrogen and oxygen atoms in total. The molecule has 1 aliphatic rings. The molecule has 0 saturated carbocycles. The van der Waals surface area contributed by atoms with Crippen molar-refractivity contribution in [1.29, 1.82) is 0 Å². The van der Waals surface area contributed by atoms with E-state index in [0.717, 1.165) is 38.0 Å². The molecule has 2 rings (SSSR count). The quantitative estimate of drug-likeness (QED) is 0.873. The molecular formula is C16H25NO4. The number of hydrogen-bond acceptors (Lipinski definition) is 5. The van der Waals surface area contributed by atoms with Crippen molar-refractivity contribution < 1.29 is 18.9 Å². The maximum Gasteiger partial charge on any atom is 0.203 e. The lowest BCUT2D eigenvalue weighted by atomic mass is 9.89. The average molecular weight is 295 g/mol. The summed E-state index contributed by atoms with van der Waals surface area (Å²) in [5.41, 5.74) is 7.36. The predicted octanol–water partition coefficient (Wildman–Crippen LogP) is 2.53. The first-order valence-corrected chi connectivity index (χ1v) is 7.33. The summed E-state index contributed by atoms with van der Waals surface area (Å²) in [6, 6.07) is 3.76. The van der Waals surface area contributed by atoms with E-state index in [-0.39, 0.29) is 6.04 Å². The van der Waals surface area contributed by atoms with Crippen molar-refractivity contribution in [2.45, 2.75) is 25.3 Å². The van der Waals surface area contributed by atoms with Crippen molar-refractivity contribution in [2.24, 2.45) is 11.7 Å². The van der Waals surface area contributed by atoms with Gasteiger partial charge in [0.15, 0.2) is 11.5 Å². The van der Waals surface area contributed by atoms with E-state index < -0.39 is 0 Å². The van der Waals surface area contributed by atoms with Crippen molar-refractivity contribution in [3.05, 3.63) is 17.7 Å². The first-order valence-electron chi connectivity index (χ1n) is 7.33. The first kappa shape index (κ1) is 15.9. The molecular weight excluding hydrogens is 270 g/mol. The number of ether oxygens (including phenoxy) is 4. The van der Waals surface area contributed by atoms with Gasteiger partial charge in [-0.25, -0.2) is 0 Å². The average Bonchev–Trinajstić information content (AvgIpc) is 2.53. The molecule has 0 amide bonds. The molecule has 1 aromatic carbocycles. The molecule has 0 aliphatic carbocycles. The Hall–Kier alpha value is -1.46. The first-order chi connectivity index (χ1) is 10.2. The second kappa shape index (κ2) is 7.52. The molecule has 1 saturated heterocycles. The van der Waals surface area contributed by atoms with E-state index in [4.69, 9.17) is 24.7 Å². The van der Waals surface area contributed by atoms with Crippen LogP contribution in [0.2, 0.25) is 0 Å². The maximum atomic E-state index is 6.40. The fraction of sp³-hybridized carbons (Fsp3) is 0.625. The lowest BCUT2D eigenvalue weighted by Gasteiger charge is -2.26. The van der Waals surface area contributed by atoms with Crippen molar-refractivity contribution in [3.8, 4) is 17.2 Å². The Morgan fingerprint density at radius 3 is 2.33 bits per heavy atom. The molecule has 0 bridgehead atoms. The maximum absolute atomic E-state index is 6.40. The Morgan fingerprint density at radius 2 is 1.76 bits per heavy atom. The van der Waals surface area contributed by atoms with Gasteiger partial charge in [-0.3, -0.25) is 0 Å². The number of rotatable bonds is 6. The van der Waals surface area contributed by atoms with Crippen LogP contribution in [0, 0.1) is 5.92 Å². The largest absolute Gasteiger partial charge is 0.493 e. The summed E-state index contributed by atoms with van der Waals surface area (Å²) < 4.78 is 21.6. The number of nitrogens with two attached hydrogens (primary N) is 1. The molecule has 21 heavy (non-hydrogen) atoms. The summed E-state index contributed by atoms with van der Waals surface area (Å²) in [4.78, 5) is 0. The molecule has 0 aromatic heterocycles. The second-order valence-corrected chi connectivity index (χ2v) is 5.32. The minimum absolute atomic E-state index is 0.0807. The second-order valence-electron chi connectivity index (χ2n) is 5.32. The van der Waals surface area contributed by atoms with Crippen molar-refractivity contribution in [1.82, 2.24) is 0 Å². The minimum Gasteiger partial charge on any atom is -0.493 e.